The Hall–Kier alpha value is -3.45. The average Bonchev–Trinajstić information content (AvgIpc) is 3.12. The van der Waals surface area contributed by atoms with Crippen LogP contribution in [-0.4, -0.2) is 20.2 Å². The van der Waals surface area contributed by atoms with Gasteiger partial charge >= 0.3 is 0 Å². The van der Waals surface area contributed by atoms with E-state index in [2.05, 4.69) is 19.6 Å². The predicted molar refractivity (Wildman–Crippen MR) is 104 cm³/mol. The van der Waals surface area contributed by atoms with Gasteiger partial charge in [0.25, 0.3) is 0 Å². The van der Waals surface area contributed by atoms with E-state index in [4.69, 9.17) is 0 Å². The molecule has 7 heteroatoms. The number of fused-ring (bicyclic) bond motifs is 1. The topological polar surface area (TPSA) is 87.8 Å². The third-order valence-electron chi connectivity index (χ3n) is 4.00. The van der Waals surface area contributed by atoms with E-state index >= 15 is 0 Å². The van der Waals surface area contributed by atoms with Gasteiger partial charge in [-0.1, -0.05) is 30.3 Å². The highest BCUT2D eigenvalue weighted by Gasteiger charge is 2.11. The number of carbonyl (C=O) groups is 1. The lowest BCUT2D eigenvalue weighted by molar-refractivity contribution is 0.0992. The predicted octanol–water partition coefficient (Wildman–Crippen LogP) is 5.24. The number of hydrogen-bond acceptors (Lipinski definition) is 7. The Morgan fingerprint density at radius 3 is 2.74 bits per heavy atom. The number of pyridine rings is 1. The number of azo groups is 1. The lowest BCUT2D eigenvalue weighted by Crippen LogP contribution is -2.03. The molecule has 0 saturated heterocycles. The van der Waals surface area contributed by atoms with Crippen molar-refractivity contribution in [2.75, 3.05) is 0 Å². The number of aromatic nitrogens is 2. The van der Waals surface area contributed by atoms with E-state index in [0.29, 0.717) is 27.5 Å². The minimum atomic E-state index is -0.0699. The van der Waals surface area contributed by atoms with Gasteiger partial charge in [-0.2, -0.15) is 4.37 Å². The number of carbonyl (C=O) groups excluding carboxylic acids is 1. The monoisotopic (exact) mass is 374 g/mol. The molecule has 0 saturated carbocycles. The molecule has 4 aromatic rings. The Labute approximate surface area is 159 Å². The molecule has 2 aromatic carbocycles. The van der Waals surface area contributed by atoms with E-state index in [1.165, 1.54) is 17.6 Å². The molecule has 0 aliphatic rings. The minimum absolute atomic E-state index is 0.0608. The fraction of sp³-hybridized carbons (Fsp3) is 0.0500. The lowest BCUT2D eigenvalue weighted by atomic mass is 10.0. The summed E-state index contributed by atoms with van der Waals surface area (Å²) in [5, 5.41) is 20.1. The fourth-order valence-corrected chi connectivity index (χ4v) is 3.28. The van der Waals surface area contributed by atoms with Gasteiger partial charge < -0.3 is 5.11 Å². The summed E-state index contributed by atoms with van der Waals surface area (Å²) in [5.41, 5.74) is 2.30. The zero-order chi connectivity index (χ0) is 18.6. The molecular formula is C20H14N4O2S. The van der Waals surface area contributed by atoms with Crippen LogP contribution in [0.25, 0.3) is 11.0 Å². The van der Waals surface area contributed by atoms with E-state index in [9.17, 15) is 9.90 Å². The Morgan fingerprint density at radius 2 is 1.89 bits per heavy atom. The highest BCUT2D eigenvalue weighted by Crippen LogP contribution is 2.31. The van der Waals surface area contributed by atoms with Crippen LogP contribution in [0.2, 0.25) is 0 Å². The fourth-order valence-electron chi connectivity index (χ4n) is 2.62. The van der Waals surface area contributed by atoms with E-state index in [1.54, 1.807) is 30.5 Å². The maximum atomic E-state index is 12.4. The summed E-state index contributed by atoms with van der Waals surface area (Å²) >= 11 is 1.22. The van der Waals surface area contributed by atoms with Crippen LogP contribution in [0.5, 0.6) is 5.75 Å². The summed E-state index contributed by atoms with van der Waals surface area (Å²) in [6.45, 7) is 0. The van der Waals surface area contributed by atoms with E-state index in [1.807, 2.05) is 30.3 Å². The molecule has 2 aromatic heterocycles. The molecule has 0 amide bonds. The minimum Gasteiger partial charge on any atom is -0.508 e. The molecule has 132 valence electrons. The van der Waals surface area contributed by atoms with Gasteiger partial charge in [0, 0.05) is 23.7 Å². The van der Waals surface area contributed by atoms with Crippen molar-refractivity contribution in [1.29, 1.82) is 0 Å². The largest absolute Gasteiger partial charge is 0.508 e. The van der Waals surface area contributed by atoms with Gasteiger partial charge in [-0.05, 0) is 41.9 Å². The molecular weight excluding hydrogens is 360 g/mol. The molecule has 0 fully saturated rings. The summed E-state index contributed by atoms with van der Waals surface area (Å²) in [6.07, 6.45) is 1.77. The molecule has 2 heterocycles. The number of phenolic OH excluding ortho intramolecular Hbond substituents is 1. The molecule has 6 nitrogen and oxygen atoms in total. The lowest BCUT2D eigenvalue weighted by Gasteiger charge is -2.05. The van der Waals surface area contributed by atoms with Crippen molar-refractivity contribution in [3.05, 3.63) is 78.0 Å². The van der Waals surface area contributed by atoms with Crippen LogP contribution in [0.15, 0.2) is 77.1 Å². The van der Waals surface area contributed by atoms with Crippen LogP contribution < -0.4 is 0 Å². The Balaban J connectivity index is 1.58. The molecule has 0 bridgehead atoms. The molecule has 0 atom stereocenters. The molecule has 1 N–H and O–H groups in total. The third kappa shape index (κ3) is 3.73. The number of rotatable bonds is 5. The average molecular weight is 374 g/mol. The first-order chi connectivity index (χ1) is 13.2. The van der Waals surface area contributed by atoms with Gasteiger partial charge in [0.1, 0.15) is 5.75 Å². The van der Waals surface area contributed by atoms with Crippen molar-refractivity contribution in [1.82, 2.24) is 9.36 Å². The van der Waals surface area contributed by atoms with Gasteiger partial charge in [-0.3, -0.25) is 4.79 Å². The molecule has 0 aliphatic carbocycles. The third-order valence-corrected chi connectivity index (χ3v) is 4.74. The summed E-state index contributed by atoms with van der Waals surface area (Å²) in [6, 6.07) is 17.5. The van der Waals surface area contributed by atoms with Crippen LogP contribution in [-0.2, 0) is 6.42 Å². The second-order valence-electron chi connectivity index (χ2n) is 5.84. The summed E-state index contributed by atoms with van der Waals surface area (Å²) in [4.78, 5) is 16.6. The zero-order valence-corrected chi connectivity index (χ0v) is 14.9. The molecule has 0 radical (unpaired) electrons. The molecule has 27 heavy (non-hydrogen) atoms. The van der Waals surface area contributed by atoms with Gasteiger partial charge in [-0.15, -0.1) is 10.2 Å². The quantitative estimate of drug-likeness (QED) is 0.382. The molecule has 4 rings (SSSR count). The van der Waals surface area contributed by atoms with Crippen LogP contribution in [0.4, 0.5) is 10.7 Å². The first kappa shape index (κ1) is 17.0. The van der Waals surface area contributed by atoms with Crippen LogP contribution in [0, 0.1) is 0 Å². The van der Waals surface area contributed by atoms with Crippen molar-refractivity contribution < 1.29 is 9.90 Å². The number of Topliss-reactive ketones (excluding diaryl/α,β-unsaturated/α-hetero) is 1. The van der Waals surface area contributed by atoms with E-state index < -0.39 is 0 Å². The smallest absolute Gasteiger partial charge is 0.175 e. The van der Waals surface area contributed by atoms with Gasteiger partial charge in [-0.25, -0.2) is 4.98 Å². The Bertz CT molecular complexity index is 1140. The van der Waals surface area contributed by atoms with Crippen molar-refractivity contribution in [2.45, 2.75) is 6.42 Å². The van der Waals surface area contributed by atoms with E-state index in [0.717, 1.165) is 5.39 Å². The second-order valence-corrected chi connectivity index (χ2v) is 6.59. The number of phenols is 1. The van der Waals surface area contributed by atoms with Gasteiger partial charge in [0.15, 0.2) is 16.4 Å². The van der Waals surface area contributed by atoms with Crippen LogP contribution >= 0.6 is 11.5 Å². The Kier molecular flexibility index (Phi) is 4.67. The van der Waals surface area contributed by atoms with E-state index in [-0.39, 0.29) is 18.0 Å². The molecule has 0 unspecified atom stereocenters. The number of hydrogen-bond donors (Lipinski definition) is 1. The maximum Gasteiger partial charge on any atom is 0.175 e. The van der Waals surface area contributed by atoms with Crippen molar-refractivity contribution in [3.63, 3.8) is 0 Å². The maximum absolute atomic E-state index is 12.4. The first-order valence-corrected chi connectivity index (χ1v) is 9.00. The standard InChI is InChI=1S/C20H14N4O2S/c25-17-9-8-15(11-14(17)12-18(26)13-5-2-1-3-6-13)22-23-20-16-7-4-10-21-19(16)24-27-20/h1-11,25H,12H2. The van der Waals surface area contributed by atoms with Crippen LogP contribution in [0.3, 0.4) is 0 Å². The van der Waals surface area contributed by atoms with Crippen molar-refractivity contribution >= 4 is 39.0 Å². The SMILES string of the molecule is O=C(Cc1cc(N=Nc2snc3ncccc23)ccc1O)c1ccccc1. The molecule has 0 aliphatic heterocycles. The highest BCUT2D eigenvalue weighted by atomic mass is 32.1. The summed E-state index contributed by atoms with van der Waals surface area (Å²) in [7, 11) is 0. The van der Waals surface area contributed by atoms with Gasteiger partial charge in [0.05, 0.1) is 11.1 Å². The highest BCUT2D eigenvalue weighted by molar-refractivity contribution is 7.11. The molecule has 0 spiro atoms. The van der Waals surface area contributed by atoms with Crippen LogP contribution in [0.1, 0.15) is 15.9 Å². The number of ketones is 1. The zero-order valence-electron chi connectivity index (χ0n) is 14.1. The number of aromatic hydroxyl groups is 1. The Morgan fingerprint density at radius 1 is 1.04 bits per heavy atom. The number of benzene rings is 2. The first-order valence-electron chi connectivity index (χ1n) is 8.23. The van der Waals surface area contributed by atoms with Crippen molar-refractivity contribution in [3.8, 4) is 5.75 Å². The summed E-state index contributed by atoms with van der Waals surface area (Å²) in [5.74, 6) is -0.00909. The summed E-state index contributed by atoms with van der Waals surface area (Å²) < 4.78 is 4.23. The second kappa shape index (κ2) is 7.43. The number of nitrogens with zero attached hydrogens (tertiary/aromatic N) is 4. The van der Waals surface area contributed by atoms with Crippen molar-refractivity contribution in [2.24, 2.45) is 10.2 Å². The van der Waals surface area contributed by atoms with Gasteiger partial charge in [0.2, 0.25) is 0 Å². The normalized spacial score (nSPS) is 11.3.